The number of carbonyl (C=O) groups is 2. The number of esters is 1. The summed E-state index contributed by atoms with van der Waals surface area (Å²) < 4.78 is 4.78. The first-order chi connectivity index (χ1) is 9.17. The molecule has 0 saturated carbocycles. The quantitative estimate of drug-likeness (QED) is 0.619. The van der Waals surface area contributed by atoms with Crippen LogP contribution in [0, 0.1) is 22.7 Å². The number of amides is 1. The Kier molecular flexibility index (Phi) is 5.58. The maximum Gasteiger partial charge on any atom is 0.338 e. The van der Waals surface area contributed by atoms with E-state index in [4.69, 9.17) is 15.3 Å². The minimum absolute atomic E-state index is 0.204. The summed E-state index contributed by atoms with van der Waals surface area (Å²) in [6.07, 6.45) is 0.204. The van der Waals surface area contributed by atoms with E-state index in [1.54, 1.807) is 0 Å². The minimum atomic E-state index is -0.639. The Morgan fingerprint density at radius 1 is 1.21 bits per heavy atom. The topological polar surface area (TPSA) is 103 Å². The van der Waals surface area contributed by atoms with E-state index in [0.717, 1.165) is 0 Å². The lowest BCUT2D eigenvalue weighted by Gasteiger charge is -2.05. The van der Waals surface area contributed by atoms with Gasteiger partial charge in [-0.15, -0.1) is 0 Å². The maximum atomic E-state index is 11.5. The van der Waals surface area contributed by atoms with Gasteiger partial charge < -0.3 is 10.1 Å². The van der Waals surface area contributed by atoms with E-state index in [0.29, 0.717) is 5.56 Å². The molecular weight excluding hydrogens is 246 g/mol. The highest BCUT2D eigenvalue weighted by atomic mass is 16.5. The van der Waals surface area contributed by atoms with Crippen molar-refractivity contribution in [1.82, 2.24) is 5.32 Å². The van der Waals surface area contributed by atoms with Gasteiger partial charge in [0.1, 0.15) is 0 Å². The zero-order valence-electron chi connectivity index (χ0n) is 10.0. The third kappa shape index (κ3) is 4.88. The third-order valence-electron chi connectivity index (χ3n) is 2.14. The lowest BCUT2D eigenvalue weighted by molar-refractivity contribution is -0.124. The van der Waals surface area contributed by atoms with E-state index in [-0.39, 0.29) is 18.5 Å². The largest absolute Gasteiger partial charge is 0.452 e. The Labute approximate surface area is 110 Å². The highest BCUT2D eigenvalue weighted by Gasteiger charge is 2.09. The van der Waals surface area contributed by atoms with Crippen molar-refractivity contribution in [2.24, 2.45) is 0 Å². The van der Waals surface area contributed by atoms with E-state index in [2.05, 4.69) is 5.32 Å². The van der Waals surface area contributed by atoms with Crippen LogP contribution >= 0.6 is 0 Å². The van der Waals surface area contributed by atoms with Crippen molar-refractivity contribution in [3.8, 4) is 12.1 Å². The number of hydrogen-bond donors (Lipinski definition) is 1. The van der Waals surface area contributed by atoms with Crippen molar-refractivity contribution >= 4 is 11.9 Å². The van der Waals surface area contributed by atoms with Gasteiger partial charge in [0.2, 0.25) is 0 Å². The van der Waals surface area contributed by atoms with Crippen LogP contribution in [0.4, 0.5) is 0 Å². The molecule has 1 amide bonds. The minimum Gasteiger partial charge on any atom is -0.452 e. The second-order valence-corrected chi connectivity index (χ2v) is 3.52. The molecule has 0 aliphatic heterocycles. The fraction of sp³-hybridized carbons (Fsp3) is 0.231. The van der Waals surface area contributed by atoms with Crippen LogP contribution in [0.25, 0.3) is 0 Å². The standard InChI is InChI=1S/C13H11N3O3/c14-6-1-7-16-12(17)9-19-13(18)11-4-2-10(8-15)3-5-11/h2-5H,1,7,9H2,(H,16,17). The number of nitrogens with one attached hydrogen (secondary N) is 1. The van der Waals surface area contributed by atoms with Gasteiger partial charge in [0, 0.05) is 6.54 Å². The lowest BCUT2D eigenvalue weighted by atomic mass is 10.1. The molecule has 0 fully saturated rings. The summed E-state index contributed by atoms with van der Waals surface area (Å²) in [5, 5.41) is 19.3. The molecule has 1 N–H and O–H groups in total. The van der Waals surface area contributed by atoms with Crippen molar-refractivity contribution in [1.29, 1.82) is 10.5 Å². The molecule has 1 aromatic rings. The molecule has 0 aliphatic rings. The van der Waals surface area contributed by atoms with Gasteiger partial charge in [0.15, 0.2) is 6.61 Å². The lowest BCUT2D eigenvalue weighted by Crippen LogP contribution is -2.29. The van der Waals surface area contributed by atoms with Crippen LogP contribution in [-0.2, 0) is 9.53 Å². The number of benzene rings is 1. The first-order valence-corrected chi connectivity index (χ1v) is 5.48. The van der Waals surface area contributed by atoms with Gasteiger partial charge in [0.25, 0.3) is 5.91 Å². The highest BCUT2D eigenvalue weighted by molar-refractivity contribution is 5.91. The monoisotopic (exact) mass is 257 g/mol. The average molecular weight is 257 g/mol. The van der Waals surface area contributed by atoms with Crippen LogP contribution in [0.3, 0.4) is 0 Å². The molecule has 0 aliphatic carbocycles. The molecule has 19 heavy (non-hydrogen) atoms. The molecule has 0 bridgehead atoms. The average Bonchev–Trinajstić information content (AvgIpc) is 2.45. The zero-order chi connectivity index (χ0) is 14.1. The molecule has 0 aromatic heterocycles. The predicted molar refractivity (Wildman–Crippen MR) is 64.7 cm³/mol. The van der Waals surface area contributed by atoms with E-state index in [1.807, 2.05) is 12.1 Å². The van der Waals surface area contributed by atoms with Crippen LogP contribution in [0.5, 0.6) is 0 Å². The second-order valence-electron chi connectivity index (χ2n) is 3.52. The molecule has 0 spiro atoms. The Hall–Kier alpha value is -2.86. The van der Waals surface area contributed by atoms with Crippen molar-refractivity contribution in [2.45, 2.75) is 6.42 Å². The van der Waals surface area contributed by atoms with Crippen LogP contribution in [0.1, 0.15) is 22.3 Å². The summed E-state index contributed by atoms with van der Waals surface area (Å²) in [6, 6.07) is 9.69. The first-order valence-electron chi connectivity index (χ1n) is 5.48. The summed E-state index contributed by atoms with van der Waals surface area (Å²) in [6.45, 7) is -0.173. The number of carbonyl (C=O) groups excluding carboxylic acids is 2. The van der Waals surface area contributed by atoms with Gasteiger partial charge in [0.05, 0.1) is 29.7 Å². The number of nitriles is 2. The first kappa shape index (κ1) is 14.2. The van der Waals surface area contributed by atoms with E-state index >= 15 is 0 Å². The van der Waals surface area contributed by atoms with Crippen molar-refractivity contribution < 1.29 is 14.3 Å². The molecule has 0 heterocycles. The second kappa shape index (κ2) is 7.46. The molecule has 0 atom stereocenters. The number of rotatable bonds is 5. The number of hydrogen-bond acceptors (Lipinski definition) is 5. The molecule has 1 aromatic carbocycles. The summed E-state index contributed by atoms with van der Waals surface area (Å²) in [5.41, 5.74) is 0.703. The number of nitrogens with zero attached hydrogens (tertiary/aromatic N) is 2. The van der Waals surface area contributed by atoms with Crippen LogP contribution in [0.15, 0.2) is 24.3 Å². The van der Waals surface area contributed by atoms with Gasteiger partial charge in [-0.1, -0.05) is 0 Å². The zero-order valence-corrected chi connectivity index (χ0v) is 10.0. The van der Waals surface area contributed by atoms with E-state index < -0.39 is 18.5 Å². The molecule has 0 unspecified atom stereocenters. The summed E-state index contributed by atoms with van der Waals surface area (Å²) in [5.74, 6) is -1.10. The van der Waals surface area contributed by atoms with Crippen LogP contribution in [-0.4, -0.2) is 25.0 Å². The Morgan fingerprint density at radius 3 is 2.47 bits per heavy atom. The highest BCUT2D eigenvalue weighted by Crippen LogP contribution is 2.04. The fourth-order valence-electron chi connectivity index (χ4n) is 1.20. The fourth-order valence-corrected chi connectivity index (χ4v) is 1.20. The normalized spacial score (nSPS) is 8.95. The van der Waals surface area contributed by atoms with Gasteiger partial charge in [-0.05, 0) is 24.3 Å². The van der Waals surface area contributed by atoms with Crippen molar-refractivity contribution in [3.05, 3.63) is 35.4 Å². The maximum absolute atomic E-state index is 11.5. The molecule has 6 heteroatoms. The summed E-state index contributed by atoms with van der Waals surface area (Å²) in [7, 11) is 0. The SMILES string of the molecule is N#CCCNC(=O)COC(=O)c1ccc(C#N)cc1. The Bertz CT molecular complexity index is 538. The molecule has 96 valence electrons. The van der Waals surface area contributed by atoms with E-state index in [1.165, 1.54) is 24.3 Å². The van der Waals surface area contributed by atoms with E-state index in [9.17, 15) is 9.59 Å². The third-order valence-corrected chi connectivity index (χ3v) is 2.14. The molecule has 6 nitrogen and oxygen atoms in total. The molecule has 1 rings (SSSR count). The number of ether oxygens (including phenoxy) is 1. The predicted octanol–water partition coefficient (Wildman–Crippen LogP) is 0.745. The van der Waals surface area contributed by atoms with Crippen molar-refractivity contribution in [3.63, 3.8) is 0 Å². The molecular formula is C13H11N3O3. The van der Waals surface area contributed by atoms with Gasteiger partial charge >= 0.3 is 5.97 Å². The van der Waals surface area contributed by atoms with Crippen molar-refractivity contribution in [2.75, 3.05) is 13.2 Å². The van der Waals surface area contributed by atoms with Crippen LogP contribution < -0.4 is 5.32 Å². The van der Waals surface area contributed by atoms with Gasteiger partial charge in [-0.2, -0.15) is 10.5 Å². The Morgan fingerprint density at radius 2 is 1.89 bits per heavy atom. The van der Waals surface area contributed by atoms with Crippen LogP contribution in [0.2, 0.25) is 0 Å². The van der Waals surface area contributed by atoms with Gasteiger partial charge in [-0.25, -0.2) is 4.79 Å². The van der Waals surface area contributed by atoms with Gasteiger partial charge in [-0.3, -0.25) is 4.79 Å². The molecule has 0 radical (unpaired) electrons. The Balaban J connectivity index is 2.41. The smallest absolute Gasteiger partial charge is 0.338 e. The summed E-state index contributed by atoms with van der Waals surface area (Å²) in [4.78, 5) is 22.8. The summed E-state index contributed by atoms with van der Waals surface area (Å²) >= 11 is 0. The molecule has 0 saturated heterocycles.